The first kappa shape index (κ1) is 15.3. The number of nitrogens with zero attached hydrogens (tertiary/aromatic N) is 1. The Balaban J connectivity index is 2.42. The van der Waals surface area contributed by atoms with Crippen molar-refractivity contribution in [2.45, 2.75) is 40.7 Å². The normalized spacial score (nSPS) is 15.8. The Bertz CT molecular complexity index is 606. The number of carbonyl (C=O) groups is 2. The molecule has 1 atom stereocenters. The van der Waals surface area contributed by atoms with E-state index in [0.29, 0.717) is 11.1 Å². The van der Waals surface area contributed by atoms with E-state index in [4.69, 9.17) is 0 Å². The van der Waals surface area contributed by atoms with Gasteiger partial charge in [-0.15, -0.1) is 0 Å². The number of carbonyl (C=O) groups excluding carboxylic acids is 2. The molecule has 2 rings (SSSR count). The van der Waals surface area contributed by atoms with E-state index in [9.17, 15) is 9.59 Å². The van der Waals surface area contributed by atoms with Crippen LogP contribution in [0.5, 0.6) is 0 Å². The lowest BCUT2D eigenvalue weighted by Crippen LogP contribution is -2.42. The predicted octanol–water partition coefficient (Wildman–Crippen LogP) is 3.36. The molecule has 0 aliphatic carbocycles. The molecule has 1 aromatic carbocycles. The number of hydrogen-bond donors (Lipinski definition) is 0. The largest absolute Gasteiger partial charge is 0.269 e. The highest BCUT2D eigenvalue weighted by Crippen LogP contribution is 2.27. The highest BCUT2D eigenvalue weighted by atomic mass is 16.2. The molecule has 0 radical (unpaired) electrons. The molecule has 1 aliphatic rings. The van der Waals surface area contributed by atoms with E-state index in [0.717, 1.165) is 0 Å². The van der Waals surface area contributed by atoms with Crippen molar-refractivity contribution in [3.63, 3.8) is 0 Å². The number of benzene rings is 1. The first-order chi connectivity index (χ1) is 9.72. The third kappa shape index (κ3) is 3.00. The van der Waals surface area contributed by atoms with Crippen molar-refractivity contribution in [2.75, 3.05) is 0 Å². The molecule has 1 aromatic rings. The van der Waals surface area contributed by atoms with Crippen LogP contribution in [0.15, 0.2) is 24.3 Å². The molecule has 2 amide bonds. The molecule has 0 saturated carbocycles. The Morgan fingerprint density at radius 2 is 1.48 bits per heavy atom. The SMILES string of the molecule is CC(C)C(C#CC(C)(C)C)N1C(=O)c2ccccc2C1=O. The Hall–Kier alpha value is -2.08. The van der Waals surface area contributed by atoms with Crippen LogP contribution in [-0.4, -0.2) is 22.8 Å². The maximum absolute atomic E-state index is 12.5. The smallest absolute Gasteiger partial charge is 0.262 e. The average Bonchev–Trinajstić information content (AvgIpc) is 2.63. The second kappa shape index (κ2) is 5.37. The zero-order valence-corrected chi connectivity index (χ0v) is 13.2. The number of fused-ring (bicyclic) bond motifs is 1. The molecular formula is C18H21NO2. The third-order valence-electron chi connectivity index (χ3n) is 3.33. The van der Waals surface area contributed by atoms with Gasteiger partial charge in [0.1, 0.15) is 6.04 Å². The Labute approximate surface area is 126 Å². The summed E-state index contributed by atoms with van der Waals surface area (Å²) < 4.78 is 0. The van der Waals surface area contributed by atoms with Gasteiger partial charge >= 0.3 is 0 Å². The van der Waals surface area contributed by atoms with Gasteiger partial charge in [0.15, 0.2) is 0 Å². The molecule has 0 aromatic heterocycles. The minimum atomic E-state index is -0.392. The molecule has 1 unspecified atom stereocenters. The van der Waals surface area contributed by atoms with Gasteiger partial charge in [-0.2, -0.15) is 0 Å². The minimum Gasteiger partial charge on any atom is -0.269 e. The second-order valence-electron chi connectivity index (χ2n) is 6.73. The lowest BCUT2D eigenvalue weighted by molar-refractivity contribution is 0.0590. The van der Waals surface area contributed by atoms with Crippen LogP contribution in [0, 0.1) is 23.2 Å². The lowest BCUT2D eigenvalue weighted by atomic mass is 9.95. The lowest BCUT2D eigenvalue weighted by Gasteiger charge is -2.25. The van der Waals surface area contributed by atoms with Gasteiger partial charge < -0.3 is 0 Å². The summed E-state index contributed by atoms with van der Waals surface area (Å²) in [6, 6.07) is 6.56. The van der Waals surface area contributed by atoms with Gasteiger partial charge in [0.05, 0.1) is 11.1 Å². The van der Waals surface area contributed by atoms with Gasteiger partial charge in [0, 0.05) is 5.41 Å². The topological polar surface area (TPSA) is 37.4 Å². The Morgan fingerprint density at radius 1 is 1.00 bits per heavy atom. The summed E-state index contributed by atoms with van der Waals surface area (Å²) in [4.78, 5) is 26.3. The van der Waals surface area contributed by atoms with Crippen molar-refractivity contribution in [3.05, 3.63) is 35.4 Å². The van der Waals surface area contributed by atoms with Crippen LogP contribution in [0.1, 0.15) is 55.3 Å². The van der Waals surface area contributed by atoms with E-state index >= 15 is 0 Å². The maximum Gasteiger partial charge on any atom is 0.262 e. The van der Waals surface area contributed by atoms with E-state index in [1.54, 1.807) is 24.3 Å². The molecule has 0 bridgehead atoms. The predicted molar refractivity (Wildman–Crippen MR) is 82.8 cm³/mol. The van der Waals surface area contributed by atoms with Crippen molar-refractivity contribution >= 4 is 11.8 Å². The van der Waals surface area contributed by atoms with Gasteiger partial charge in [-0.25, -0.2) is 0 Å². The van der Waals surface area contributed by atoms with Crippen LogP contribution in [0.3, 0.4) is 0 Å². The average molecular weight is 283 g/mol. The fraction of sp³-hybridized carbons (Fsp3) is 0.444. The Morgan fingerprint density at radius 3 is 1.86 bits per heavy atom. The highest BCUT2D eigenvalue weighted by Gasteiger charge is 2.40. The van der Waals surface area contributed by atoms with Gasteiger partial charge in [0.25, 0.3) is 11.8 Å². The summed E-state index contributed by atoms with van der Waals surface area (Å²) >= 11 is 0. The van der Waals surface area contributed by atoms with Gasteiger partial charge in [0.2, 0.25) is 0 Å². The maximum atomic E-state index is 12.5. The van der Waals surface area contributed by atoms with Gasteiger partial charge in [-0.05, 0) is 38.8 Å². The Kier molecular flexibility index (Phi) is 3.91. The fourth-order valence-electron chi connectivity index (χ4n) is 2.28. The molecular weight excluding hydrogens is 262 g/mol. The van der Waals surface area contributed by atoms with Crippen LogP contribution >= 0.6 is 0 Å². The summed E-state index contributed by atoms with van der Waals surface area (Å²) in [6.07, 6.45) is 0. The summed E-state index contributed by atoms with van der Waals surface area (Å²) in [6.45, 7) is 10.00. The van der Waals surface area contributed by atoms with Gasteiger partial charge in [-0.3, -0.25) is 14.5 Å². The van der Waals surface area contributed by atoms with Crippen LogP contribution in [0.25, 0.3) is 0 Å². The summed E-state index contributed by atoms with van der Waals surface area (Å²) in [7, 11) is 0. The number of hydrogen-bond acceptors (Lipinski definition) is 2. The molecule has 0 saturated heterocycles. The van der Waals surface area contributed by atoms with E-state index in [-0.39, 0.29) is 23.1 Å². The first-order valence-electron chi connectivity index (χ1n) is 7.22. The molecule has 1 heterocycles. The van der Waals surface area contributed by atoms with Crippen LogP contribution in [0.4, 0.5) is 0 Å². The van der Waals surface area contributed by atoms with Crippen LogP contribution in [0.2, 0.25) is 0 Å². The third-order valence-corrected chi connectivity index (χ3v) is 3.33. The van der Waals surface area contributed by atoms with E-state index in [1.807, 2.05) is 34.6 Å². The molecule has 21 heavy (non-hydrogen) atoms. The summed E-state index contributed by atoms with van der Waals surface area (Å²) in [5, 5.41) is 0. The van der Waals surface area contributed by atoms with Gasteiger partial charge in [-0.1, -0.05) is 37.8 Å². The van der Waals surface area contributed by atoms with Crippen molar-refractivity contribution in [1.29, 1.82) is 0 Å². The molecule has 3 heteroatoms. The van der Waals surface area contributed by atoms with Crippen LogP contribution < -0.4 is 0 Å². The van der Waals surface area contributed by atoms with Crippen molar-refractivity contribution in [2.24, 2.45) is 11.3 Å². The monoisotopic (exact) mass is 283 g/mol. The summed E-state index contributed by atoms with van der Waals surface area (Å²) in [5.41, 5.74) is 0.794. The van der Waals surface area contributed by atoms with E-state index < -0.39 is 6.04 Å². The zero-order chi connectivity index (χ0) is 15.8. The number of amides is 2. The summed E-state index contributed by atoms with van der Waals surface area (Å²) in [5.74, 6) is 5.89. The number of imide groups is 1. The first-order valence-corrected chi connectivity index (χ1v) is 7.22. The fourth-order valence-corrected chi connectivity index (χ4v) is 2.28. The van der Waals surface area contributed by atoms with Crippen molar-refractivity contribution in [3.8, 4) is 11.8 Å². The molecule has 0 N–H and O–H groups in total. The zero-order valence-electron chi connectivity index (χ0n) is 13.2. The highest BCUT2D eigenvalue weighted by molar-refractivity contribution is 6.21. The van der Waals surface area contributed by atoms with Crippen molar-refractivity contribution < 1.29 is 9.59 Å². The molecule has 110 valence electrons. The standard InChI is InChI=1S/C18H21NO2/c1-12(2)15(10-11-18(3,4)5)19-16(20)13-8-6-7-9-14(13)17(19)21/h6-9,12,15H,1-5H3. The molecule has 0 fully saturated rings. The molecule has 3 nitrogen and oxygen atoms in total. The minimum absolute atomic E-state index is 0.0852. The quantitative estimate of drug-likeness (QED) is 0.616. The molecule has 1 aliphatic heterocycles. The molecule has 0 spiro atoms. The van der Waals surface area contributed by atoms with E-state index in [1.165, 1.54) is 4.90 Å². The van der Waals surface area contributed by atoms with Crippen LogP contribution in [-0.2, 0) is 0 Å². The number of rotatable bonds is 2. The van der Waals surface area contributed by atoms with E-state index in [2.05, 4.69) is 11.8 Å². The van der Waals surface area contributed by atoms with Crippen molar-refractivity contribution in [1.82, 2.24) is 4.90 Å². The second-order valence-corrected chi connectivity index (χ2v) is 6.73.